The van der Waals surface area contributed by atoms with E-state index >= 15 is 0 Å². The Morgan fingerprint density at radius 3 is 3.00 bits per heavy atom. The van der Waals surface area contributed by atoms with Crippen LogP contribution in [0, 0.1) is 0 Å². The first-order valence-electron chi connectivity index (χ1n) is 7.03. The molecule has 3 rings (SSSR count). The maximum absolute atomic E-state index is 12.4. The van der Waals surface area contributed by atoms with Crippen molar-refractivity contribution in [2.24, 2.45) is 0 Å². The number of hydrogen-bond donors (Lipinski definition) is 2. The van der Waals surface area contributed by atoms with Crippen molar-refractivity contribution in [2.45, 2.75) is 17.2 Å². The molecule has 3 aromatic rings. The summed E-state index contributed by atoms with van der Waals surface area (Å²) in [5.74, 6) is 0.348. The number of rotatable bonds is 5. The van der Waals surface area contributed by atoms with Gasteiger partial charge in [-0.25, -0.2) is 15.0 Å². The van der Waals surface area contributed by atoms with Gasteiger partial charge < -0.3 is 15.0 Å². The average Bonchev–Trinajstić information content (AvgIpc) is 3.06. The molecular weight excluding hydrogens is 350 g/mol. The molecule has 1 atom stereocenters. The van der Waals surface area contributed by atoms with Crippen LogP contribution < -0.4 is 10.1 Å². The number of amides is 1. The molecule has 124 valence electrons. The Balaban J connectivity index is 1.72. The summed E-state index contributed by atoms with van der Waals surface area (Å²) in [4.78, 5) is 27.7. The van der Waals surface area contributed by atoms with E-state index in [9.17, 15) is 4.79 Å². The number of methoxy groups -OCH3 is 1. The number of aromatic nitrogens is 4. The van der Waals surface area contributed by atoms with Crippen LogP contribution in [0.1, 0.15) is 6.92 Å². The largest absolute Gasteiger partial charge is 0.495 e. The van der Waals surface area contributed by atoms with E-state index in [0.717, 1.165) is 5.52 Å². The second kappa shape index (κ2) is 7.06. The van der Waals surface area contributed by atoms with Crippen molar-refractivity contribution >= 4 is 46.1 Å². The predicted octanol–water partition coefficient (Wildman–Crippen LogP) is 3.13. The number of hydrogen-bond acceptors (Lipinski definition) is 6. The molecule has 1 amide bonds. The summed E-state index contributed by atoms with van der Waals surface area (Å²) in [5.41, 5.74) is 1.90. The molecule has 7 nitrogen and oxygen atoms in total. The van der Waals surface area contributed by atoms with Crippen LogP contribution in [0.2, 0.25) is 5.02 Å². The van der Waals surface area contributed by atoms with Gasteiger partial charge in [0.15, 0.2) is 5.65 Å². The van der Waals surface area contributed by atoms with Gasteiger partial charge in [0.1, 0.15) is 22.6 Å². The van der Waals surface area contributed by atoms with Crippen LogP contribution in [0.15, 0.2) is 35.9 Å². The van der Waals surface area contributed by atoms with Gasteiger partial charge in [-0.15, -0.1) is 0 Å². The first-order valence-corrected chi connectivity index (χ1v) is 8.29. The molecular formula is C15H14ClN5O2S. The lowest BCUT2D eigenvalue weighted by molar-refractivity contribution is -0.115. The molecule has 9 heteroatoms. The first-order chi connectivity index (χ1) is 11.6. The monoisotopic (exact) mass is 363 g/mol. The quantitative estimate of drug-likeness (QED) is 0.534. The number of benzene rings is 1. The number of aromatic amines is 1. The third-order valence-electron chi connectivity index (χ3n) is 3.26. The Bertz CT molecular complexity index is 885. The highest BCUT2D eigenvalue weighted by molar-refractivity contribution is 8.00. The summed E-state index contributed by atoms with van der Waals surface area (Å²) in [6.45, 7) is 1.80. The summed E-state index contributed by atoms with van der Waals surface area (Å²) in [5, 5.41) is 3.63. The molecule has 0 aliphatic heterocycles. The number of fused-ring (bicyclic) bond motifs is 1. The van der Waals surface area contributed by atoms with E-state index in [4.69, 9.17) is 16.3 Å². The molecule has 0 unspecified atom stereocenters. The number of halogens is 1. The van der Waals surface area contributed by atoms with Crippen molar-refractivity contribution in [3.8, 4) is 5.75 Å². The van der Waals surface area contributed by atoms with E-state index in [-0.39, 0.29) is 11.2 Å². The predicted molar refractivity (Wildman–Crippen MR) is 93.6 cm³/mol. The zero-order valence-electron chi connectivity index (χ0n) is 12.9. The fourth-order valence-corrected chi connectivity index (χ4v) is 3.11. The molecule has 0 saturated heterocycles. The Morgan fingerprint density at radius 1 is 1.38 bits per heavy atom. The maximum atomic E-state index is 12.4. The van der Waals surface area contributed by atoms with Crippen molar-refractivity contribution in [1.29, 1.82) is 0 Å². The number of imidazole rings is 1. The number of carbonyl (C=O) groups excluding carboxylic acids is 1. The molecule has 1 aromatic carbocycles. The molecule has 2 N–H and O–H groups in total. The zero-order chi connectivity index (χ0) is 17.1. The molecule has 0 aliphatic carbocycles. The summed E-state index contributed by atoms with van der Waals surface area (Å²) < 4.78 is 5.15. The van der Waals surface area contributed by atoms with Gasteiger partial charge >= 0.3 is 0 Å². The Morgan fingerprint density at radius 2 is 2.21 bits per heavy atom. The van der Waals surface area contributed by atoms with E-state index in [1.54, 1.807) is 31.5 Å². The van der Waals surface area contributed by atoms with Gasteiger partial charge in [-0.05, 0) is 19.1 Å². The Labute approximate surface area is 147 Å². The number of ether oxygens (including phenoxy) is 1. The number of nitrogens with zero attached hydrogens (tertiary/aromatic N) is 3. The van der Waals surface area contributed by atoms with Crippen molar-refractivity contribution in [1.82, 2.24) is 19.9 Å². The summed E-state index contributed by atoms with van der Waals surface area (Å²) in [6.07, 6.45) is 2.98. The van der Waals surface area contributed by atoms with Crippen molar-refractivity contribution in [3.05, 3.63) is 35.9 Å². The molecule has 0 radical (unpaired) electrons. The second-order valence-electron chi connectivity index (χ2n) is 4.88. The number of nitrogens with one attached hydrogen (secondary N) is 2. The molecule has 2 aromatic heterocycles. The molecule has 0 fully saturated rings. The number of carbonyl (C=O) groups is 1. The van der Waals surface area contributed by atoms with Gasteiger partial charge in [-0.1, -0.05) is 23.4 Å². The van der Waals surface area contributed by atoms with Crippen LogP contribution >= 0.6 is 23.4 Å². The van der Waals surface area contributed by atoms with Crippen LogP contribution in [0.5, 0.6) is 5.75 Å². The first kappa shape index (κ1) is 16.5. The molecule has 0 bridgehead atoms. The highest BCUT2D eigenvalue weighted by Crippen LogP contribution is 2.29. The smallest absolute Gasteiger partial charge is 0.237 e. The summed E-state index contributed by atoms with van der Waals surface area (Å²) >= 11 is 7.31. The molecule has 2 heterocycles. The molecule has 0 aliphatic rings. The lowest BCUT2D eigenvalue weighted by Gasteiger charge is -2.13. The lowest BCUT2D eigenvalue weighted by atomic mass is 10.3. The topological polar surface area (TPSA) is 92.8 Å². The van der Waals surface area contributed by atoms with Gasteiger partial charge in [0, 0.05) is 11.8 Å². The van der Waals surface area contributed by atoms with E-state index in [1.807, 2.05) is 0 Å². The van der Waals surface area contributed by atoms with E-state index < -0.39 is 0 Å². The SMILES string of the molecule is COc1cc(NC(=O)[C@@H](C)Sc2ncnc3nc[nH]c23)ccc1Cl. The normalized spacial score (nSPS) is 12.1. The number of H-pyrrole nitrogens is 1. The highest BCUT2D eigenvalue weighted by atomic mass is 35.5. The fraction of sp³-hybridized carbons (Fsp3) is 0.200. The van der Waals surface area contributed by atoms with Crippen molar-refractivity contribution in [2.75, 3.05) is 12.4 Å². The second-order valence-corrected chi connectivity index (χ2v) is 6.62. The Kier molecular flexibility index (Phi) is 4.86. The molecule has 24 heavy (non-hydrogen) atoms. The van der Waals surface area contributed by atoms with Crippen LogP contribution in [-0.4, -0.2) is 38.2 Å². The van der Waals surface area contributed by atoms with Crippen LogP contribution in [-0.2, 0) is 4.79 Å². The van der Waals surface area contributed by atoms with Crippen LogP contribution in [0.3, 0.4) is 0 Å². The Hall–Kier alpha value is -2.32. The van der Waals surface area contributed by atoms with E-state index in [0.29, 0.717) is 27.1 Å². The minimum absolute atomic E-state index is 0.157. The molecule has 0 saturated carbocycles. The highest BCUT2D eigenvalue weighted by Gasteiger charge is 2.18. The standard InChI is InChI=1S/C15H14ClN5O2S/c1-8(24-15-12-13(18-6-17-12)19-7-20-15)14(22)21-9-3-4-10(16)11(5-9)23-2/h3-8H,1-2H3,(H,21,22)(H,17,18,19,20)/t8-/m1/s1. The van der Waals surface area contributed by atoms with E-state index in [1.165, 1.54) is 25.2 Å². The van der Waals surface area contributed by atoms with Crippen molar-refractivity contribution < 1.29 is 9.53 Å². The van der Waals surface area contributed by atoms with Gasteiger partial charge in [0.25, 0.3) is 0 Å². The van der Waals surface area contributed by atoms with Gasteiger partial charge in [0.05, 0.1) is 23.7 Å². The fourth-order valence-electron chi connectivity index (χ4n) is 2.03. The summed E-state index contributed by atoms with van der Waals surface area (Å²) in [6, 6.07) is 5.07. The molecule has 0 spiro atoms. The summed E-state index contributed by atoms with van der Waals surface area (Å²) in [7, 11) is 1.52. The third kappa shape index (κ3) is 3.44. The minimum atomic E-state index is -0.368. The van der Waals surface area contributed by atoms with Crippen LogP contribution in [0.4, 0.5) is 5.69 Å². The number of thioether (sulfide) groups is 1. The lowest BCUT2D eigenvalue weighted by Crippen LogP contribution is -2.22. The van der Waals surface area contributed by atoms with Crippen molar-refractivity contribution in [3.63, 3.8) is 0 Å². The zero-order valence-corrected chi connectivity index (χ0v) is 14.5. The maximum Gasteiger partial charge on any atom is 0.237 e. The van der Waals surface area contributed by atoms with E-state index in [2.05, 4.69) is 25.3 Å². The number of anilines is 1. The van der Waals surface area contributed by atoms with Crippen LogP contribution in [0.25, 0.3) is 11.2 Å². The van der Waals surface area contributed by atoms with Gasteiger partial charge in [-0.3, -0.25) is 4.79 Å². The van der Waals surface area contributed by atoms with Gasteiger partial charge in [-0.2, -0.15) is 0 Å². The van der Waals surface area contributed by atoms with Gasteiger partial charge in [0.2, 0.25) is 5.91 Å². The minimum Gasteiger partial charge on any atom is -0.495 e. The average molecular weight is 364 g/mol. The third-order valence-corrected chi connectivity index (χ3v) is 4.68.